The topological polar surface area (TPSA) is 87.3 Å². The summed E-state index contributed by atoms with van der Waals surface area (Å²) in [4.78, 5) is 37.2. The lowest BCUT2D eigenvalue weighted by molar-refractivity contribution is -0.118. The van der Waals surface area contributed by atoms with Crippen LogP contribution in [0, 0.1) is 0 Å². The predicted octanol–water partition coefficient (Wildman–Crippen LogP) is 3.03. The number of benzene rings is 3. The van der Waals surface area contributed by atoms with E-state index in [-0.39, 0.29) is 17.7 Å². The van der Waals surface area contributed by atoms with Gasteiger partial charge in [0.15, 0.2) is 0 Å². The van der Waals surface area contributed by atoms with Crippen molar-refractivity contribution in [2.45, 2.75) is 12.5 Å². The van der Waals surface area contributed by atoms with Crippen molar-refractivity contribution in [2.24, 2.45) is 0 Å². The lowest BCUT2D eigenvalue weighted by Gasteiger charge is -2.19. The predicted molar refractivity (Wildman–Crippen MR) is 116 cm³/mol. The maximum Gasteiger partial charge on any atom is 0.251 e. The Kier molecular flexibility index (Phi) is 6.95. The summed E-state index contributed by atoms with van der Waals surface area (Å²) in [5.74, 6) is -0.859. The lowest BCUT2D eigenvalue weighted by atomic mass is 10.0. The van der Waals surface area contributed by atoms with Crippen molar-refractivity contribution < 1.29 is 14.4 Å². The van der Waals surface area contributed by atoms with E-state index in [1.165, 1.54) is 0 Å². The minimum atomic E-state index is -0.765. The normalized spacial score (nSPS) is 11.2. The fourth-order valence-electron chi connectivity index (χ4n) is 2.97. The molecule has 0 aromatic heterocycles. The molecule has 0 aliphatic rings. The number of hydrogen-bond donors (Lipinski definition) is 3. The van der Waals surface area contributed by atoms with Crippen LogP contribution in [0.2, 0.25) is 0 Å². The van der Waals surface area contributed by atoms with Crippen molar-refractivity contribution in [1.82, 2.24) is 10.6 Å². The first-order valence-corrected chi connectivity index (χ1v) is 9.59. The van der Waals surface area contributed by atoms with Crippen molar-refractivity contribution in [3.63, 3.8) is 0 Å². The van der Waals surface area contributed by atoms with E-state index in [4.69, 9.17) is 0 Å². The third-order valence-corrected chi connectivity index (χ3v) is 4.58. The highest BCUT2D eigenvalue weighted by molar-refractivity contribution is 6.01. The Hall–Kier alpha value is -3.93. The van der Waals surface area contributed by atoms with Crippen LogP contribution in [0.3, 0.4) is 0 Å². The van der Waals surface area contributed by atoms with Crippen LogP contribution >= 0.6 is 0 Å². The van der Waals surface area contributed by atoms with E-state index in [0.717, 1.165) is 5.56 Å². The van der Waals surface area contributed by atoms with E-state index in [1.807, 2.05) is 36.4 Å². The Balaban J connectivity index is 1.75. The van der Waals surface area contributed by atoms with Gasteiger partial charge < -0.3 is 16.0 Å². The van der Waals surface area contributed by atoms with E-state index in [9.17, 15) is 14.4 Å². The van der Waals surface area contributed by atoms with Gasteiger partial charge in [0.05, 0.1) is 0 Å². The average molecular weight is 401 g/mol. The average Bonchev–Trinajstić information content (AvgIpc) is 2.79. The fraction of sp³-hybridized carbons (Fsp3) is 0.125. The summed E-state index contributed by atoms with van der Waals surface area (Å²) in [6.07, 6.45) is 0.349. The second kappa shape index (κ2) is 10.0. The molecule has 0 aliphatic heterocycles. The second-order valence-electron chi connectivity index (χ2n) is 6.73. The van der Waals surface area contributed by atoms with E-state index in [1.54, 1.807) is 55.6 Å². The van der Waals surface area contributed by atoms with Gasteiger partial charge in [0.1, 0.15) is 6.04 Å². The molecule has 0 heterocycles. The number of rotatable bonds is 7. The summed E-state index contributed by atoms with van der Waals surface area (Å²) >= 11 is 0. The van der Waals surface area contributed by atoms with Crippen molar-refractivity contribution in [3.05, 3.63) is 102 Å². The van der Waals surface area contributed by atoms with Crippen molar-refractivity contribution in [2.75, 3.05) is 12.4 Å². The van der Waals surface area contributed by atoms with Gasteiger partial charge in [-0.1, -0.05) is 48.5 Å². The molecule has 3 aromatic rings. The summed E-state index contributed by atoms with van der Waals surface area (Å²) in [6.45, 7) is 0. The molecule has 6 heteroatoms. The largest absolute Gasteiger partial charge is 0.355 e. The van der Waals surface area contributed by atoms with Gasteiger partial charge in [0.25, 0.3) is 11.8 Å². The molecule has 0 aliphatic carbocycles. The molecule has 0 bridgehead atoms. The van der Waals surface area contributed by atoms with Crippen LogP contribution < -0.4 is 16.0 Å². The Morgan fingerprint density at radius 2 is 1.30 bits per heavy atom. The molecule has 152 valence electrons. The summed E-state index contributed by atoms with van der Waals surface area (Å²) in [6, 6.07) is 24.1. The summed E-state index contributed by atoms with van der Waals surface area (Å²) in [7, 11) is 1.56. The second-order valence-corrected chi connectivity index (χ2v) is 6.73. The van der Waals surface area contributed by atoms with E-state index >= 15 is 0 Å². The Morgan fingerprint density at radius 3 is 1.90 bits per heavy atom. The molecule has 0 unspecified atom stereocenters. The first-order chi connectivity index (χ1) is 14.6. The van der Waals surface area contributed by atoms with Crippen molar-refractivity contribution in [1.29, 1.82) is 0 Å². The van der Waals surface area contributed by atoms with E-state index in [2.05, 4.69) is 16.0 Å². The molecule has 3 aromatic carbocycles. The number of carbonyl (C=O) groups excluding carboxylic acids is 3. The van der Waals surface area contributed by atoms with Crippen molar-refractivity contribution >= 4 is 23.4 Å². The van der Waals surface area contributed by atoms with Crippen LogP contribution in [-0.2, 0) is 11.2 Å². The molecule has 0 saturated heterocycles. The Labute approximate surface area is 175 Å². The standard InChI is InChI=1S/C24H23N3O3/c1-25-22(28)19-12-14-20(15-13-19)26-24(30)21(16-17-8-4-2-5-9-17)27-23(29)18-10-6-3-7-11-18/h2-15,21H,16H2,1H3,(H,25,28)(H,26,30)(H,27,29)/t21-/m0/s1. The number of hydrogen-bond acceptors (Lipinski definition) is 3. The third kappa shape index (κ3) is 5.54. The van der Waals surface area contributed by atoms with Gasteiger partial charge in [0, 0.05) is 30.3 Å². The molecule has 0 radical (unpaired) electrons. The van der Waals surface area contributed by atoms with E-state index < -0.39 is 6.04 Å². The van der Waals surface area contributed by atoms with Gasteiger partial charge in [-0.05, 0) is 42.0 Å². The zero-order valence-electron chi connectivity index (χ0n) is 16.6. The van der Waals surface area contributed by atoms with Gasteiger partial charge in [0.2, 0.25) is 5.91 Å². The van der Waals surface area contributed by atoms with Gasteiger partial charge >= 0.3 is 0 Å². The zero-order valence-corrected chi connectivity index (χ0v) is 16.6. The molecule has 3 N–H and O–H groups in total. The molecular weight excluding hydrogens is 378 g/mol. The van der Waals surface area contributed by atoms with Gasteiger partial charge in [-0.25, -0.2) is 0 Å². The maximum atomic E-state index is 13.0. The summed E-state index contributed by atoms with van der Waals surface area (Å²) in [5, 5.41) is 8.19. The molecule has 0 spiro atoms. The minimum absolute atomic E-state index is 0.204. The number of anilines is 1. The monoisotopic (exact) mass is 401 g/mol. The molecule has 3 rings (SSSR count). The third-order valence-electron chi connectivity index (χ3n) is 4.58. The van der Waals surface area contributed by atoms with Crippen LogP contribution in [0.25, 0.3) is 0 Å². The lowest BCUT2D eigenvalue weighted by Crippen LogP contribution is -2.45. The van der Waals surface area contributed by atoms with Crippen molar-refractivity contribution in [3.8, 4) is 0 Å². The van der Waals surface area contributed by atoms with Crippen LogP contribution in [0.5, 0.6) is 0 Å². The fourth-order valence-corrected chi connectivity index (χ4v) is 2.97. The maximum absolute atomic E-state index is 13.0. The highest BCUT2D eigenvalue weighted by Gasteiger charge is 2.22. The first kappa shape index (κ1) is 20.8. The van der Waals surface area contributed by atoms with Crippen LogP contribution in [0.4, 0.5) is 5.69 Å². The molecule has 3 amide bonds. The highest BCUT2D eigenvalue weighted by Crippen LogP contribution is 2.12. The van der Waals surface area contributed by atoms with Gasteiger partial charge in [-0.15, -0.1) is 0 Å². The quantitative estimate of drug-likeness (QED) is 0.569. The molecular formula is C24H23N3O3. The molecule has 6 nitrogen and oxygen atoms in total. The number of nitrogens with one attached hydrogen (secondary N) is 3. The molecule has 0 fully saturated rings. The van der Waals surface area contributed by atoms with Crippen LogP contribution in [0.15, 0.2) is 84.9 Å². The van der Waals surface area contributed by atoms with Gasteiger partial charge in [-0.2, -0.15) is 0 Å². The van der Waals surface area contributed by atoms with Gasteiger partial charge in [-0.3, -0.25) is 14.4 Å². The van der Waals surface area contributed by atoms with Crippen LogP contribution in [-0.4, -0.2) is 30.8 Å². The number of carbonyl (C=O) groups is 3. The summed E-state index contributed by atoms with van der Waals surface area (Å²) < 4.78 is 0. The highest BCUT2D eigenvalue weighted by atomic mass is 16.2. The first-order valence-electron chi connectivity index (χ1n) is 9.59. The Morgan fingerprint density at radius 1 is 0.733 bits per heavy atom. The zero-order chi connectivity index (χ0) is 21.3. The number of amides is 3. The van der Waals surface area contributed by atoms with Crippen LogP contribution in [0.1, 0.15) is 26.3 Å². The Bertz CT molecular complexity index is 1000. The van der Waals surface area contributed by atoms with E-state index in [0.29, 0.717) is 23.2 Å². The minimum Gasteiger partial charge on any atom is -0.355 e. The molecule has 30 heavy (non-hydrogen) atoms. The summed E-state index contributed by atoms with van der Waals surface area (Å²) in [5.41, 5.74) is 2.45. The smallest absolute Gasteiger partial charge is 0.251 e. The SMILES string of the molecule is CNC(=O)c1ccc(NC(=O)[C@H](Cc2ccccc2)NC(=O)c2ccccc2)cc1. The molecule has 1 atom stereocenters. The molecule has 0 saturated carbocycles.